The van der Waals surface area contributed by atoms with Gasteiger partial charge in [-0.25, -0.2) is 4.79 Å². The van der Waals surface area contributed by atoms with E-state index in [2.05, 4.69) is 22.9 Å². The topological polar surface area (TPSA) is 73.5 Å². The van der Waals surface area contributed by atoms with Crippen LogP contribution in [-0.2, 0) is 4.79 Å². The highest BCUT2D eigenvalue weighted by molar-refractivity contribution is 5.77. The summed E-state index contributed by atoms with van der Waals surface area (Å²) in [5, 5.41) is 9.26. The number of hydrogen-bond donors (Lipinski definition) is 3. The third kappa shape index (κ3) is 6.30. The van der Waals surface area contributed by atoms with Crippen molar-refractivity contribution < 1.29 is 9.59 Å². The minimum absolute atomic E-state index is 0.0836. The number of nitrogens with zero attached hydrogens (tertiary/aromatic N) is 1. The Morgan fingerprint density at radius 3 is 2.62 bits per heavy atom. The van der Waals surface area contributed by atoms with Gasteiger partial charge in [0.15, 0.2) is 0 Å². The first-order chi connectivity index (χ1) is 11.7. The monoisotopic (exact) mass is 338 g/mol. The van der Waals surface area contributed by atoms with E-state index in [0.717, 1.165) is 45.3 Å². The van der Waals surface area contributed by atoms with Gasteiger partial charge in [0.2, 0.25) is 5.91 Å². The maximum absolute atomic E-state index is 12.5. The Hall–Kier alpha value is -1.30. The molecule has 1 atom stereocenters. The lowest BCUT2D eigenvalue weighted by atomic mass is 9.96. The van der Waals surface area contributed by atoms with Gasteiger partial charge in [0.25, 0.3) is 0 Å². The van der Waals surface area contributed by atoms with Crippen LogP contribution in [0, 0.1) is 0 Å². The van der Waals surface area contributed by atoms with Crippen LogP contribution in [0.25, 0.3) is 0 Å². The fourth-order valence-electron chi connectivity index (χ4n) is 3.73. The van der Waals surface area contributed by atoms with E-state index in [1.165, 1.54) is 19.3 Å². The number of urea groups is 1. The van der Waals surface area contributed by atoms with Crippen LogP contribution >= 0.6 is 0 Å². The molecule has 1 aliphatic carbocycles. The number of amides is 3. The molecule has 0 spiro atoms. The summed E-state index contributed by atoms with van der Waals surface area (Å²) < 4.78 is 0. The Kier molecular flexibility index (Phi) is 8.36. The molecule has 138 valence electrons. The smallest absolute Gasteiger partial charge is 0.315 e. The molecule has 2 aliphatic rings. The summed E-state index contributed by atoms with van der Waals surface area (Å²) in [6.07, 6.45) is 9.15. The van der Waals surface area contributed by atoms with Gasteiger partial charge >= 0.3 is 6.03 Å². The maximum Gasteiger partial charge on any atom is 0.315 e. The second-order valence-electron chi connectivity index (χ2n) is 7.07. The lowest BCUT2D eigenvalue weighted by Gasteiger charge is -2.28. The van der Waals surface area contributed by atoms with Gasteiger partial charge in [0, 0.05) is 38.1 Å². The van der Waals surface area contributed by atoms with Crippen LogP contribution in [0.15, 0.2) is 0 Å². The molecule has 0 aromatic rings. The lowest BCUT2D eigenvalue weighted by Crippen LogP contribution is -2.44. The van der Waals surface area contributed by atoms with Crippen molar-refractivity contribution in [3.63, 3.8) is 0 Å². The highest BCUT2D eigenvalue weighted by Gasteiger charge is 2.25. The Balaban J connectivity index is 1.61. The van der Waals surface area contributed by atoms with Crippen LogP contribution in [0.5, 0.6) is 0 Å². The molecule has 2 rings (SSSR count). The Morgan fingerprint density at radius 2 is 1.96 bits per heavy atom. The van der Waals surface area contributed by atoms with E-state index in [9.17, 15) is 9.59 Å². The van der Waals surface area contributed by atoms with Gasteiger partial charge in [-0.15, -0.1) is 0 Å². The van der Waals surface area contributed by atoms with Crippen molar-refractivity contribution in [3.8, 4) is 0 Å². The van der Waals surface area contributed by atoms with Crippen LogP contribution < -0.4 is 16.0 Å². The van der Waals surface area contributed by atoms with Gasteiger partial charge in [-0.05, 0) is 38.6 Å². The van der Waals surface area contributed by atoms with E-state index >= 15 is 0 Å². The molecular formula is C18H34N4O2. The van der Waals surface area contributed by atoms with Gasteiger partial charge in [0.1, 0.15) is 0 Å². The first kappa shape index (κ1) is 19.0. The van der Waals surface area contributed by atoms with Gasteiger partial charge in [-0.3, -0.25) is 4.79 Å². The first-order valence-electron chi connectivity index (χ1n) is 9.75. The van der Waals surface area contributed by atoms with Crippen LogP contribution in [0.3, 0.4) is 0 Å². The molecule has 1 saturated heterocycles. The minimum atomic E-state index is -0.0836. The molecule has 1 heterocycles. The number of rotatable bonds is 8. The molecule has 24 heavy (non-hydrogen) atoms. The largest absolute Gasteiger partial charge is 0.338 e. The van der Waals surface area contributed by atoms with Crippen molar-refractivity contribution in [2.24, 2.45) is 0 Å². The van der Waals surface area contributed by atoms with Crippen molar-refractivity contribution in [2.75, 3.05) is 26.2 Å². The molecule has 6 nitrogen and oxygen atoms in total. The van der Waals surface area contributed by atoms with Gasteiger partial charge in [-0.2, -0.15) is 0 Å². The third-order valence-corrected chi connectivity index (χ3v) is 5.05. The Labute approximate surface area is 146 Å². The second kappa shape index (κ2) is 10.5. The average Bonchev–Trinajstić information content (AvgIpc) is 3.11. The van der Waals surface area contributed by atoms with Gasteiger partial charge in [0.05, 0.1) is 0 Å². The molecular weight excluding hydrogens is 304 g/mol. The van der Waals surface area contributed by atoms with Gasteiger partial charge in [-0.1, -0.05) is 26.2 Å². The fraction of sp³-hybridized carbons (Fsp3) is 0.889. The van der Waals surface area contributed by atoms with Crippen LogP contribution in [0.1, 0.15) is 64.7 Å². The minimum Gasteiger partial charge on any atom is -0.338 e. The molecule has 3 amide bonds. The summed E-state index contributed by atoms with van der Waals surface area (Å²) in [7, 11) is 0. The molecule has 3 N–H and O–H groups in total. The lowest BCUT2D eigenvalue weighted by molar-refractivity contribution is -0.133. The molecule has 2 fully saturated rings. The molecule has 6 heteroatoms. The summed E-state index contributed by atoms with van der Waals surface area (Å²) in [4.78, 5) is 26.4. The zero-order valence-electron chi connectivity index (χ0n) is 15.1. The van der Waals surface area contributed by atoms with Crippen molar-refractivity contribution in [1.82, 2.24) is 20.9 Å². The van der Waals surface area contributed by atoms with Crippen molar-refractivity contribution >= 4 is 11.9 Å². The Morgan fingerprint density at radius 1 is 1.17 bits per heavy atom. The predicted molar refractivity (Wildman–Crippen MR) is 95.9 cm³/mol. The predicted octanol–water partition coefficient (Wildman–Crippen LogP) is 2.00. The van der Waals surface area contributed by atoms with Crippen LogP contribution in [0.2, 0.25) is 0 Å². The number of carbonyl (C=O) groups is 2. The summed E-state index contributed by atoms with van der Waals surface area (Å²) in [5.41, 5.74) is 0. The van der Waals surface area contributed by atoms with E-state index in [0.29, 0.717) is 31.5 Å². The molecule has 0 aromatic carbocycles. The van der Waals surface area contributed by atoms with E-state index in [4.69, 9.17) is 0 Å². The highest BCUT2D eigenvalue weighted by Crippen LogP contribution is 2.17. The summed E-state index contributed by atoms with van der Waals surface area (Å²) in [6, 6.07) is 0.593. The molecule has 0 aromatic heterocycles. The number of carbonyl (C=O) groups excluding carboxylic acids is 2. The van der Waals surface area contributed by atoms with Gasteiger partial charge < -0.3 is 20.9 Å². The summed E-state index contributed by atoms with van der Waals surface area (Å²) in [5.74, 6) is 0.222. The molecule has 1 unspecified atom stereocenters. The van der Waals surface area contributed by atoms with E-state index < -0.39 is 0 Å². The average molecular weight is 338 g/mol. The van der Waals surface area contributed by atoms with E-state index in [-0.39, 0.29) is 11.9 Å². The second-order valence-corrected chi connectivity index (χ2v) is 7.07. The molecule has 1 saturated carbocycles. The molecule has 0 bridgehead atoms. The van der Waals surface area contributed by atoms with E-state index in [1.807, 2.05) is 4.90 Å². The number of nitrogens with one attached hydrogen (secondary N) is 3. The maximum atomic E-state index is 12.5. The molecule has 0 radical (unpaired) electrons. The zero-order chi connectivity index (χ0) is 17.2. The molecule has 1 aliphatic heterocycles. The van der Waals surface area contributed by atoms with Crippen molar-refractivity contribution in [2.45, 2.75) is 76.8 Å². The van der Waals surface area contributed by atoms with Crippen LogP contribution in [-0.4, -0.2) is 55.1 Å². The van der Waals surface area contributed by atoms with E-state index in [1.54, 1.807) is 0 Å². The third-order valence-electron chi connectivity index (χ3n) is 5.05. The summed E-state index contributed by atoms with van der Waals surface area (Å²) in [6.45, 7) is 5.42. The normalized spacial score (nSPS) is 21.5. The fourth-order valence-corrected chi connectivity index (χ4v) is 3.73. The zero-order valence-corrected chi connectivity index (χ0v) is 15.1. The quantitative estimate of drug-likeness (QED) is 0.593. The summed E-state index contributed by atoms with van der Waals surface area (Å²) >= 11 is 0. The van der Waals surface area contributed by atoms with Crippen molar-refractivity contribution in [3.05, 3.63) is 0 Å². The highest BCUT2D eigenvalue weighted by atomic mass is 16.2. The van der Waals surface area contributed by atoms with Crippen LogP contribution in [0.4, 0.5) is 4.79 Å². The Bertz CT molecular complexity index is 390. The standard InChI is InChI=1S/C18H34N4O2/c1-2-13-22(16-10-12-19-14-16)17(23)9-6-11-20-18(24)21-15-7-4-3-5-8-15/h15-16,19H,2-14H2,1H3,(H2,20,21,24). The SMILES string of the molecule is CCCN(C(=O)CCCNC(=O)NC1CCCCC1)C1CCNC1. The van der Waals surface area contributed by atoms with Crippen molar-refractivity contribution in [1.29, 1.82) is 0 Å². The number of hydrogen-bond acceptors (Lipinski definition) is 3. The first-order valence-corrected chi connectivity index (χ1v) is 9.75.